The third kappa shape index (κ3) is 6.83. The lowest BCUT2D eigenvalue weighted by Gasteiger charge is -2.25. The minimum absolute atomic E-state index is 0.000730. The highest BCUT2D eigenvalue weighted by Crippen LogP contribution is 2.47. The van der Waals surface area contributed by atoms with Gasteiger partial charge in [0.25, 0.3) is 0 Å². The smallest absolute Gasteiger partial charge is 0.0491 e. The van der Waals surface area contributed by atoms with Gasteiger partial charge < -0.3 is 4.57 Å². The van der Waals surface area contributed by atoms with Crippen LogP contribution < -0.4 is 0 Å². The van der Waals surface area contributed by atoms with Crippen LogP contribution in [0.1, 0.15) is 59.6 Å². The fraction of sp³-hybridized carbons (Fsp3) is 0.167. The molecule has 0 fully saturated rings. The molecule has 9 aromatic carbocycles. The molecule has 10 aromatic rings. The zero-order chi connectivity index (χ0) is 42.0. The van der Waals surface area contributed by atoms with Crippen LogP contribution in [0.4, 0.5) is 0 Å². The van der Waals surface area contributed by atoms with Gasteiger partial charge in [0, 0.05) is 28.4 Å². The van der Waals surface area contributed by atoms with E-state index in [0.717, 1.165) is 6.54 Å². The van der Waals surface area contributed by atoms with E-state index in [1.54, 1.807) is 0 Å². The van der Waals surface area contributed by atoms with Gasteiger partial charge in [-0.05, 0) is 142 Å². The number of fused-ring (bicyclic) bond motifs is 5. The second-order valence-electron chi connectivity index (χ2n) is 18.9. The molecule has 0 saturated carbocycles. The quantitative estimate of drug-likeness (QED) is 0.148. The summed E-state index contributed by atoms with van der Waals surface area (Å²) in [5.41, 5.74) is 17.7. The van der Waals surface area contributed by atoms with Crippen molar-refractivity contribution < 1.29 is 0 Å². The predicted octanol–water partition coefficient (Wildman–Crippen LogP) is 17.1. The molecule has 1 aromatic heterocycles. The Morgan fingerprint density at radius 2 is 0.656 bits per heavy atom. The maximum Gasteiger partial charge on any atom is 0.0491 e. The van der Waals surface area contributed by atoms with Gasteiger partial charge >= 0.3 is 0 Å². The first-order chi connectivity index (χ1) is 29.5. The summed E-state index contributed by atoms with van der Waals surface area (Å²) < 4.78 is 2.45. The van der Waals surface area contributed by atoms with E-state index >= 15 is 0 Å². The van der Waals surface area contributed by atoms with Gasteiger partial charge in [0.2, 0.25) is 0 Å². The highest BCUT2D eigenvalue weighted by Gasteiger charge is 2.23. The van der Waals surface area contributed by atoms with Crippen LogP contribution in [0.25, 0.3) is 99.0 Å². The van der Waals surface area contributed by atoms with Crippen molar-refractivity contribution in [1.29, 1.82) is 0 Å². The molecule has 0 bridgehead atoms. The molecule has 1 nitrogen and oxygen atoms in total. The van der Waals surface area contributed by atoms with Gasteiger partial charge in [0.1, 0.15) is 0 Å². The molecule has 1 heteroatoms. The topological polar surface area (TPSA) is 4.93 Å². The largest absolute Gasteiger partial charge is 0.341 e. The van der Waals surface area contributed by atoms with E-state index in [9.17, 15) is 0 Å². The molecule has 1 heterocycles. The molecule has 0 aliphatic rings. The number of hydrogen-bond acceptors (Lipinski definition) is 0. The van der Waals surface area contributed by atoms with Crippen molar-refractivity contribution >= 4 is 43.4 Å². The zero-order valence-corrected chi connectivity index (χ0v) is 36.5. The average molecular weight is 788 g/mol. The second-order valence-corrected chi connectivity index (χ2v) is 18.9. The fourth-order valence-electron chi connectivity index (χ4n) is 9.51. The first kappa shape index (κ1) is 38.5. The Kier molecular flexibility index (Phi) is 9.33. The number of rotatable bonds is 6. The summed E-state index contributed by atoms with van der Waals surface area (Å²) in [5, 5.41) is 7.75. The Morgan fingerprint density at radius 1 is 0.311 bits per heavy atom. The third-order valence-electron chi connectivity index (χ3n) is 12.9. The summed E-state index contributed by atoms with van der Waals surface area (Å²) in [4.78, 5) is 0. The molecule has 298 valence electrons. The van der Waals surface area contributed by atoms with E-state index in [2.05, 4.69) is 235 Å². The van der Waals surface area contributed by atoms with Crippen molar-refractivity contribution in [3.05, 3.63) is 193 Å². The number of aryl methyl sites for hydroxylation is 1. The van der Waals surface area contributed by atoms with Crippen LogP contribution in [0, 0.1) is 0 Å². The summed E-state index contributed by atoms with van der Waals surface area (Å²) in [7, 11) is 0. The minimum atomic E-state index is -0.000730. The summed E-state index contributed by atoms with van der Waals surface area (Å²) in [6.45, 7) is 17.1. The Hall–Kier alpha value is -6.70. The molecule has 0 spiro atoms. The number of nitrogens with zero attached hydrogens (tertiary/aromatic N) is 1. The molecule has 61 heavy (non-hydrogen) atoms. The zero-order valence-electron chi connectivity index (χ0n) is 36.5. The monoisotopic (exact) mass is 787 g/mol. The van der Waals surface area contributed by atoms with Crippen LogP contribution in [-0.4, -0.2) is 4.57 Å². The van der Waals surface area contributed by atoms with Gasteiger partial charge in [-0.2, -0.15) is 0 Å². The van der Waals surface area contributed by atoms with Crippen LogP contribution >= 0.6 is 0 Å². The van der Waals surface area contributed by atoms with Crippen LogP contribution in [0.3, 0.4) is 0 Å². The maximum atomic E-state index is 2.47. The molecular weight excluding hydrogens is 735 g/mol. The van der Waals surface area contributed by atoms with E-state index in [1.165, 1.54) is 110 Å². The summed E-state index contributed by atoms with van der Waals surface area (Å²) in [5.74, 6) is 0. The third-order valence-corrected chi connectivity index (χ3v) is 12.9. The van der Waals surface area contributed by atoms with Gasteiger partial charge in [-0.25, -0.2) is 0 Å². The first-order valence-electron chi connectivity index (χ1n) is 21.9. The number of benzene rings is 9. The first-order valence-corrected chi connectivity index (χ1v) is 21.9. The van der Waals surface area contributed by atoms with Crippen LogP contribution in [-0.2, 0) is 17.4 Å². The molecule has 0 aliphatic carbocycles. The molecule has 0 N–H and O–H groups in total. The fourth-order valence-corrected chi connectivity index (χ4v) is 9.51. The molecule has 0 aliphatic heterocycles. The van der Waals surface area contributed by atoms with E-state index in [0.29, 0.717) is 0 Å². The van der Waals surface area contributed by atoms with Gasteiger partial charge in [-0.3, -0.25) is 0 Å². The predicted molar refractivity (Wildman–Crippen MR) is 265 cm³/mol. The Balaban J connectivity index is 1.15. The van der Waals surface area contributed by atoms with Crippen LogP contribution in [0.2, 0.25) is 0 Å². The lowest BCUT2D eigenvalue weighted by Crippen LogP contribution is -2.11. The lowest BCUT2D eigenvalue weighted by molar-refractivity contribution is 0.590. The van der Waals surface area contributed by atoms with Crippen molar-refractivity contribution in [3.8, 4) is 55.6 Å². The Bertz CT molecular complexity index is 3240. The summed E-state index contributed by atoms with van der Waals surface area (Å²) in [6, 6.07) is 68.4. The summed E-state index contributed by atoms with van der Waals surface area (Å²) >= 11 is 0. The molecular formula is C60H53N. The van der Waals surface area contributed by atoms with Gasteiger partial charge in [0.05, 0.1) is 0 Å². The Morgan fingerprint density at radius 3 is 1.05 bits per heavy atom. The normalized spacial score (nSPS) is 12.2. The highest BCUT2D eigenvalue weighted by atomic mass is 15.0. The van der Waals surface area contributed by atoms with Crippen molar-refractivity contribution in [2.45, 2.75) is 65.8 Å². The van der Waals surface area contributed by atoms with Crippen molar-refractivity contribution in [2.24, 2.45) is 0 Å². The van der Waals surface area contributed by atoms with E-state index in [1.807, 2.05) is 0 Å². The molecule has 0 atom stereocenters. The number of aromatic nitrogens is 1. The molecule has 0 radical (unpaired) electrons. The van der Waals surface area contributed by atoms with E-state index < -0.39 is 0 Å². The van der Waals surface area contributed by atoms with Crippen LogP contribution in [0.15, 0.2) is 182 Å². The lowest BCUT2D eigenvalue weighted by atomic mass is 9.79. The SMILES string of the molecule is CCn1c2ccc(-c3ccccc3)cc2c2cc(-c3ccc(-c4c5ccc(C(C)(C)C)cc5c(-c5ccc(-c6ccccc6)cc5)c5ccc(C(C)(C)C)cc45)cc3)ccc21. The maximum absolute atomic E-state index is 2.47. The van der Waals surface area contributed by atoms with Crippen molar-refractivity contribution in [2.75, 3.05) is 0 Å². The van der Waals surface area contributed by atoms with Gasteiger partial charge in [-0.15, -0.1) is 0 Å². The highest BCUT2D eigenvalue weighted by molar-refractivity contribution is 6.22. The van der Waals surface area contributed by atoms with Gasteiger partial charge in [-0.1, -0.05) is 187 Å². The standard InChI is InChI=1S/C60H53N/c1-8-61-55-33-27-45(40-17-13-10-14-18-40)35-51(55)52-36-46(28-34-56(52)61)42-21-25-44(26-22-42)58-50-32-30-47(59(2,3)4)37-53(50)57(49-31-29-48(38-54(49)58)60(5,6)7)43-23-19-41(20-24-43)39-15-11-9-12-16-39/h9-38H,8H2,1-7H3. The summed E-state index contributed by atoms with van der Waals surface area (Å²) in [6.07, 6.45) is 0. The second kappa shape index (κ2) is 14.8. The Labute approximate surface area is 361 Å². The molecule has 0 amide bonds. The van der Waals surface area contributed by atoms with Crippen molar-refractivity contribution in [3.63, 3.8) is 0 Å². The molecule has 10 rings (SSSR count). The molecule has 0 unspecified atom stereocenters. The average Bonchev–Trinajstić information content (AvgIpc) is 3.60. The van der Waals surface area contributed by atoms with Crippen LogP contribution in [0.5, 0.6) is 0 Å². The van der Waals surface area contributed by atoms with E-state index in [-0.39, 0.29) is 10.8 Å². The minimum Gasteiger partial charge on any atom is -0.341 e. The van der Waals surface area contributed by atoms with E-state index in [4.69, 9.17) is 0 Å². The number of hydrogen-bond donors (Lipinski definition) is 0. The van der Waals surface area contributed by atoms with Crippen molar-refractivity contribution in [1.82, 2.24) is 4.57 Å². The van der Waals surface area contributed by atoms with Gasteiger partial charge in [0.15, 0.2) is 0 Å². The molecule has 0 saturated heterocycles.